The number of nitriles is 1. The van der Waals surface area contributed by atoms with Crippen LogP contribution in [-0.4, -0.2) is 6.04 Å². The van der Waals surface area contributed by atoms with E-state index in [0.717, 1.165) is 25.7 Å². The molecule has 1 fully saturated rings. The van der Waals surface area contributed by atoms with Gasteiger partial charge >= 0.3 is 0 Å². The van der Waals surface area contributed by atoms with E-state index in [4.69, 9.17) is 11.0 Å². The standard InChI is InChI=1S/C7H12N2.ClH/c8-5-6-2-1-3-7(9)4-6;/h6-7H,1-4,9H2;1H/t6-,7-;/m1./s1. The Bertz CT molecular complexity index is 130. The zero-order chi connectivity index (χ0) is 6.69. The fourth-order valence-electron chi connectivity index (χ4n) is 1.34. The number of hydrogen-bond acceptors (Lipinski definition) is 2. The normalized spacial score (nSPS) is 32.0. The molecule has 10 heavy (non-hydrogen) atoms. The predicted molar refractivity (Wildman–Crippen MR) is 42.8 cm³/mol. The molecule has 0 saturated heterocycles. The van der Waals surface area contributed by atoms with Crippen molar-refractivity contribution in [1.82, 2.24) is 0 Å². The largest absolute Gasteiger partial charge is 0.328 e. The van der Waals surface area contributed by atoms with Crippen LogP contribution in [-0.2, 0) is 0 Å². The summed E-state index contributed by atoms with van der Waals surface area (Å²) in [5, 5.41) is 8.50. The summed E-state index contributed by atoms with van der Waals surface area (Å²) in [4.78, 5) is 0. The SMILES string of the molecule is Cl.N#C[C@@H]1CCC[C@@H](N)C1. The van der Waals surface area contributed by atoms with Gasteiger partial charge in [0.15, 0.2) is 0 Å². The lowest BCUT2D eigenvalue weighted by molar-refractivity contribution is 0.379. The number of rotatable bonds is 0. The Morgan fingerprint density at radius 3 is 2.50 bits per heavy atom. The molecule has 2 nitrogen and oxygen atoms in total. The van der Waals surface area contributed by atoms with Gasteiger partial charge in [0, 0.05) is 12.0 Å². The first-order valence-electron chi connectivity index (χ1n) is 3.48. The first-order chi connectivity index (χ1) is 4.33. The van der Waals surface area contributed by atoms with Gasteiger partial charge in [-0.2, -0.15) is 5.26 Å². The summed E-state index contributed by atoms with van der Waals surface area (Å²) in [6.45, 7) is 0. The molecule has 0 aromatic rings. The minimum Gasteiger partial charge on any atom is -0.328 e. The van der Waals surface area contributed by atoms with Gasteiger partial charge in [-0.25, -0.2) is 0 Å². The van der Waals surface area contributed by atoms with Crippen molar-refractivity contribution in [2.24, 2.45) is 11.7 Å². The van der Waals surface area contributed by atoms with Crippen LogP contribution in [0.4, 0.5) is 0 Å². The van der Waals surface area contributed by atoms with E-state index in [9.17, 15) is 0 Å². The van der Waals surface area contributed by atoms with E-state index in [1.165, 1.54) is 0 Å². The minimum atomic E-state index is 0. The molecule has 3 heteroatoms. The molecule has 0 aromatic carbocycles. The van der Waals surface area contributed by atoms with Crippen LogP contribution in [0.1, 0.15) is 25.7 Å². The third kappa shape index (κ3) is 2.55. The van der Waals surface area contributed by atoms with Crippen molar-refractivity contribution in [2.45, 2.75) is 31.7 Å². The number of nitrogens with two attached hydrogens (primary N) is 1. The summed E-state index contributed by atoms with van der Waals surface area (Å²) in [5.74, 6) is 0.244. The van der Waals surface area contributed by atoms with Crippen LogP contribution in [0.5, 0.6) is 0 Å². The molecule has 0 aliphatic heterocycles. The van der Waals surface area contributed by atoms with Crippen molar-refractivity contribution in [2.75, 3.05) is 0 Å². The lowest BCUT2D eigenvalue weighted by atomic mass is 9.87. The van der Waals surface area contributed by atoms with Crippen LogP contribution in [0, 0.1) is 17.2 Å². The molecule has 0 unspecified atom stereocenters. The van der Waals surface area contributed by atoms with Gasteiger partial charge in [-0.1, -0.05) is 6.42 Å². The molecule has 0 amide bonds. The Balaban J connectivity index is 0.000000810. The van der Waals surface area contributed by atoms with Crippen LogP contribution >= 0.6 is 12.4 Å². The summed E-state index contributed by atoms with van der Waals surface area (Å²) in [7, 11) is 0. The van der Waals surface area contributed by atoms with Crippen molar-refractivity contribution in [1.29, 1.82) is 5.26 Å². The Morgan fingerprint density at radius 2 is 2.10 bits per heavy atom. The van der Waals surface area contributed by atoms with Crippen LogP contribution < -0.4 is 5.73 Å². The topological polar surface area (TPSA) is 49.8 Å². The van der Waals surface area contributed by atoms with Gasteiger partial charge in [-0.05, 0) is 19.3 Å². The van der Waals surface area contributed by atoms with Gasteiger partial charge < -0.3 is 5.73 Å². The van der Waals surface area contributed by atoms with E-state index in [2.05, 4.69) is 6.07 Å². The van der Waals surface area contributed by atoms with Crippen molar-refractivity contribution in [3.63, 3.8) is 0 Å². The van der Waals surface area contributed by atoms with Crippen molar-refractivity contribution in [3.05, 3.63) is 0 Å². The third-order valence-corrected chi connectivity index (χ3v) is 1.90. The maximum absolute atomic E-state index is 8.50. The smallest absolute Gasteiger partial charge is 0.0656 e. The first kappa shape index (κ1) is 9.74. The van der Waals surface area contributed by atoms with Gasteiger partial charge in [-0.3, -0.25) is 0 Å². The maximum Gasteiger partial charge on any atom is 0.0656 e. The second-order valence-electron chi connectivity index (χ2n) is 2.75. The zero-order valence-corrected chi connectivity index (χ0v) is 6.73. The second-order valence-corrected chi connectivity index (χ2v) is 2.75. The summed E-state index contributed by atoms with van der Waals surface area (Å²) in [6.07, 6.45) is 4.22. The van der Waals surface area contributed by atoms with Gasteiger partial charge in [0.1, 0.15) is 0 Å². The molecule has 0 radical (unpaired) electrons. The molecule has 2 N–H and O–H groups in total. The van der Waals surface area contributed by atoms with E-state index >= 15 is 0 Å². The van der Waals surface area contributed by atoms with E-state index in [1.54, 1.807) is 0 Å². The number of halogens is 1. The van der Waals surface area contributed by atoms with E-state index < -0.39 is 0 Å². The number of hydrogen-bond donors (Lipinski definition) is 1. The van der Waals surface area contributed by atoms with Gasteiger partial charge in [0.05, 0.1) is 6.07 Å². The van der Waals surface area contributed by atoms with Crippen molar-refractivity contribution in [3.8, 4) is 6.07 Å². The molecule has 0 bridgehead atoms. The van der Waals surface area contributed by atoms with Gasteiger partial charge in [0.2, 0.25) is 0 Å². The van der Waals surface area contributed by atoms with Crippen LogP contribution in [0.3, 0.4) is 0 Å². The van der Waals surface area contributed by atoms with E-state index in [0.29, 0.717) is 6.04 Å². The molecule has 1 aliphatic rings. The molecule has 0 spiro atoms. The number of nitrogens with zero attached hydrogens (tertiary/aromatic N) is 1. The van der Waals surface area contributed by atoms with E-state index in [1.807, 2.05) is 0 Å². The molecular weight excluding hydrogens is 148 g/mol. The first-order valence-corrected chi connectivity index (χ1v) is 3.48. The highest BCUT2D eigenvalue weighted by Crippen LogP contribution is 2.21. The average molecular weight is 161 g/mol. The Labute approximate surface area is 67.8 Å². The molecular formula is C7H13ClN2. The molecule has 0 heterocycles. The maximum atomic E-state index is 8.50. The second kappa shape index (κ2) is 4.54. The molecule has 2 atom stereocenters. The lowest BCUT2D eigenvalue weighted by Crippen LogP contribution is -2.26. The Kier molecular flexibility index (Phi) is 4.42. The molecule has 58 valence electrons. The van der Waals surface area contributed by atoms with Crippen LogP contribution in [0.25, 0.3) is 0 Å². The zero-order valence-electron chi connectivity index (χ0n) is 5.92. The fraction of sp³-hybridized carbons (Fsp3) is 0.857. The van der Waals surface area contributed by atoms with Crippen LogP contribution in [0.15, 0.2) is 0 Å². The van der Waals surface area contributed by atoms with Gasteiger partial charge in [0.25, 0.3) is 0 Å². The third-order valence-electron chi connectivity index (χ3n) is 1.90. The van der Waals surface area contributed by atoms with Crippen molar-refractivity contribution < 1.29 is 0 Å². The lowest BCUT2D eigenvalue weighted by Gasteiger charge is -2.20. The van der Waals surface area contributed by atoms with Gasteiger partial charge in [-0.15, -0.1) is 12.4 Å². The minimum absolute atomic E-state index is 0. The highest BCUT2D eigenvalue weighted by Gasteiger charge is 2.17. The fourth-order valence-corrected chi connectivity index (χ4v) is 1.34. The average Bonchev–Trinajstić information content (AvgIpc) is 1.88. The van der Waals surface area contributed by atoms with Crippen LogP contribution in [0.2, 0.25) is 0 Å². The summed E-state index contributed by atoms with van der Waals surface area (Å²) < 4.78 is 0. The van der Waals surface area contributed by atoms with E-state index in [-0.39, 0.29) is 18.3 Å². The molecule has 1 aliphatic carbocycles. The Morgan fingerprint density at radius 1 is 1.40 bits per heavy atom. The van der Waals surface area contributed by atoms with Crippen molar-refractivity contribution >= 4 is 12.4 Å². The predicted octanol–water partition coefficient (Wildman–Crippen LogP) is 1.45. The Hall–Kier alpha value is -0.260. The molecule has 1 saturated carbocycles. The molecule has 0 aromatic heterocycles. The summed E-state index contributed by atoms with van der Waals surface area (Å²) >= 11 is 0. The summed E-state index contributed by atoms with van der Waals surface area (Å²) in [5.41, 5.74) is 5.65. The monoisotopic (exact) mass is 160 g/mol. The summed E-state index contributed by atoms with van der Waals surface area (Å²) in [6, 6.07) is 2.55. The highest BCUT2D eigenvalue weighted by atomic mass is 35.5. The molecule has 1 rings (SSSR count). The quantitative estimate of drug-likeness (QED) is 0.583. The highest BCUT2D eigenvalue weighted by molar-refractivity contribution is 5.85.